The third kappa shape index (κ3) is 4.76. The molecular formula is C14H29ClN2. The standard InChI is InChI=1S/C14H29ClN2/c1-16(2)14(9-8-10-14)13-17(3)12-7-5-4-6-11-15/h4-13H2,1-3H3. The number of alkyl halides is 1. The van der Waals surface area contributed by atoms with E-state index in [1.165, 1.54) is 58.0 Å². The molecule has 0 bridgehead atoms. The van der Waals surface area contributed by atoms with Crippen LogP contribution in [0.3, 0.4) is 0 Å². The molecule has 1 rings (SSSR count). The molecule has 0 saturated heterocycles. The highest BCUT2D eigenvalue weighted by atomic mass is 35.5. The highest BCUT2D eigenvalue weighted by Crippen LogP contribution is 2.36. The van der Waals surface area contributed by atoms with E-state index in [2.05, 4.69) is 30.9 Å². The van der Waals surface area contributed by atoms with Crippen molar-refractivity contribution in [3.63, 3.8) is 0 Å². The van der Waals surface area contributed by atoms with Crippen LogP contribution in [0, 0.1) is 0 Å². The van der Waals surface area contributed by atoms with Crippen LogP contribution in [0.25, 0.3) is 0 Å². The summed E-state index contributed by atoms with van der Waals surface area (Å²) in [4.78, 5) is 4.94. The number of hydrogen-bond acceptors (Lipinski definition) is 2. The first kappa shape index (κ1) is 15.3. The Hall–Kier alpha value is 0.210. The third-order valence-electron chi connectivity index (χ3n) is 4.22. The highest BCUT2D eigenvalue weighted by molar-refractivity contribution is 6.17. The molecule has 0 aromatic heterocycles. The Bertz CT molecular complexity index is 202. The van der Waals surface area contributed by atoms with Crippen LogP contribution < -0.4 is 0 Å². The van der Waals surface area contributed by atoms with Gasteiger partial charge in [0.2, 0.25) is 0 Å². The van der Waals surface area contributed by atoms with E-state index in [-0.39, 0.29) is 0 Å². The van der Waals surface area contributed by atoms with Crippen LogP contribution in [0.4, 0.5) is 0 Å². The molecule has 0 aromatic rings. The van der Waals surface area contributed by atoms with Crippen LogP contribution in [-0.4, -0.2) is 55.5 Å². The largest absolute Gasteiger partial charge is 0.305 e. The predicted molar refractivity (Wildman–Crippen MR) is 77.0 cm³/mol. The minimum atomic E-state index is 0.477. The lowest BCUT2D eigenvalue weighted by Gasteiger charge is -2.49. The lowest BCUT2D eigenvalue weighted by molar-refractivity contribution is 0.0275. The van der Waals surface area contributed by atoms with Crippen LogP contribution in [0.2, 0.25) is 0 Å². The summed E-state index contributed by atoms with van der Waals surface area (Å²) in [5, 5.41) is 0. The van der Waals surface area contributed by atoms with Gasteiger partial charge >= 0.3 is 0 Å². The van der Waals surface area contributed by atoms with E-state index in [0.717, 1.165) is 5.88 Å². The first-order valence-electron chi connectivity index (χ1n) is 7.03. The minimum absolute atomic E-state index is 0.477. The highest BCUT2D eigenvalue weighted by Gasteiger charge is 2.39. The molecule has 17 heavy (non-hydrogen) atoms. The van der Waals surface area contributed by atoms with E-state index in [0.29, 0.717) is 5.54 Å². The predicted octanol–water partition coefficient (Wildman–Crippen LogP) is 3.20. The van der Waals surface area contributed by atoms with Crippen molar-refractivity contribution in [2.75, 3.05) is 40.1 Å². The molecule has 2 nitrogen and oxygen atoms in total. The Kier molecular flexibility index (Phi) is 6.83. The van der Waals surface area contributed by atoms with Gasteiger partial charge in [0.15, 0.2) is 0 Å². The van der Waals surface area contributed by atoms with Crippen molar-refractivity contribution in [1.82, 2.24) is 9.80 Å². The van der Waals surface area contributed by atoms with Gasteiger partial charge in [-0.05, 0) is 59.8 Å². The summed E-state index contributed by atoms with van der Waals surface area (Å²) in [5.74, 6) is 0.819. The van der Waals surface area contributed by atoms with E-state index in [9.17, 15) is 0 Å². The van der Waals surface area contributed by atoms with Crippen molar-refractivity contribution in [3.05, 3.63) is 0 Å². The summed E-state index contributed by atoms with van der Waals surface area (Å²) < 4.78 is 0. The lowest BCUT2D eigenvalue weighted by atomic mass is 9.75. The Morgan fingerprint density at radius 2 is 1.65 bits per heavy atom. The average molecular weight is 261 g/mol. The molecule has 0 aromatic carbocycles. The van der Waals surface area contributed by atoms with Gasteiger partial charge in [-0.2, -0.15) is 0 Å². The van der Waals surface area contributed by atoms with E-state index >= 15 is 0 Å². The Morgan fingerprint density at radius 3 is 2.12 bits per heavy atom. The molecule has 1 fully saturated rings. The SMILES string of the molecule is CN(CCCCCCCl)CC1(N(C)C)CCC1. The average Bonchev–Trinajstić information content (AvgIpc) is 2.22. The summed E-state index contributed by atoms with van der Waals surface area (Å²) in [6.45, 7) is 2.47. The van der Waals surface area contributed by atoms with Gasteiger partial charge in [0.25, 0.3) is 0 Å². The number of unbranched alkanes of at least 4 members (excludes halogenated alkanes) is 3. The fourth-order valence-corrected chi connectivity index (χ4v) is 2.93. The summed E-state index contributed by atoms with van der Waals surface area (Å²) >= 11 is 5.68. The molecule has 0 atom stereocenters. The normalized spacial score (nSPS) is 18.7. The van der Waals surface area contributed by atoms with E-state index in [1.54, 1.807) is 0 Å². The molecular weight excluding hydrogens is 232 g/mol. The summed E-state index contributed by atoms with van der Waals surface area (Å²) in [5.41, 5.74) is 0.477. The van der Waals surface area contributed by atoms with Crippen LogP contribution >= 0.6 is 11.6 Å². The summed E-state index contributed by atoms with van der Waals surface area (Å²) in [6, 6.07) is 0. The zero-order valence-electron chi connectivity index (χ0n) is 11.8. The Morgan fingerprint density at radius 1 is 1.00 bits per heavy atom. The van der Waals surface area contributed by atoms with E-state index < -0.39 is 0 Å². The number of rotatable bonds is 9. The molecule has 0 amide bonds. The maximum absolute atomic E-state index is 5.68. The third-order valence-corrected chi connectivity index (χ3v) is 4.49. The maximum Gasteiger partial charge on any atom is 0.0330 e. The first-order chi connectivity index (χ1) is 8.10. The number of halogens is 1. The van der Waals surface area contributed by atoms with Gasteiger partial charge in [-0.1, -0.05) is 12.8 Å². The van der Waals surface area contributed by atoms with Crippen LogP contribution in [0.1, 0.15) is 44.9 Å². The van der Waals surface area contributed by atoms with E-state index in [4.69, 9.17) is 11.6 Å². The van der Waals surface area contributed by atoms with Gasteiger partial charge in [-0.3, -0.25) is 0 Å². The quantitative estimate of drug-likeness (QED) is 0.464. The zero-order chi connectivity index (χ0) is 12.7. The van der Waals surface area contributed by atoms with Gasteiger partial charge in [0.1, 0.15) is 0 Å². The van der Waals surface area contributed by atoms with Crippen LogP contribution in [0.15, 0.2) is 0 Å². The fraction of sp³-hybridized carbons (Fsp3) is 1.00. The minimum Gasteiger partial charge on any atom is -0.305 e. The van der Waals surface area contributed by atoms with Gasteiger partial charge < -0.3 is 9.80 Å². The smallest absolute Gasteiger partial charge is 0.0330 e. The number of nitrogens with zero attached hydrogens (tertiary/aromatic N) is 2. The van der Waals surface area contributed by atoms with Crippen molar-refractivity contribution >= 4 is 11.6 Å². The lowest BCUT2D eigenvalue weighted by Crippen LogP contribution is -2.56. The number of likely N-dealkylation sites (N-methyl/N-ethyl adjacent to an activating group) is 2. The van der Waals surface area contributed by atoms with Gasteiger partial charge in [0, 0.05) is 18.0 Å². The van der Waals surface area contributed by atoms with Crippen molar-refractivity contribution in [3.8, 4) is 0 Å². The van der Waals surface area contributed by atoms with Crippen molar-refractivity contribution in [2.45, 2.75) is 50.5 Å². The molecule has 1 saturated carbocycles. The molecule has 0 aliphatic heterocycles. The summed E-state index contributed by atoms with van der Waals surface area (Å²) in [7, 11) is 6.73. The molecule has 0 spiro atoms. The second-order valence-corrected chi connectivity index (χ2v) is 6.19. The molecule has 102 valence electrons. The van der Waals surface area contributed by atoms with Gasteiger partial charge in [-0.25, -0.2) is 0 Å². The van der Waals surface area contributed by atoms with Crippen molar-refractivity contribution in [2.24, 2.45) is 0 Å². The summed E-state index contributed by atoms with van der Waals surface area (Å²) in [6.07, 6.45) is 9.25. The van der Waals surface area contributed by atoms with Gasteiger partial charge in [-0.15, -0.1) is 11.6 Å². The van der Waals surface area contributed by atoms with Gasteiger partial charge in [0.05, 0.1) is 0 Å². The van der Waals surface area contributed by atoms with Crippen molar-refractivity contribution in [1.29, 1.82) is 0 Å². The maximum atomic E-state index is 5.68. The topological polar surface area (TPSA) is 6.48 Å². The molecule has 1 aliphatic carbocycles. The molecule has 0 heterocycles. The first-order valence-corrected chi connectivity index (χ1v) is 7.56. The molecule has 3 heteroatoms. The molecule has 1 aliphatic rings. The second kappa shape index (κ2) is 7.60. The van der Waals surface area contributed by atoms with Crippen LogP contribution in [-0.2, 0) is 0 Å². The zero-order valence-corrected chi connectivity index (χ0v) is 12.6. The second-order valence-electron chi connectivity index (χ2n) is 5.81. The fourth-order valence-electron chi connectivity index (χ4n) is 2.74. The number of hydrogen-bond donors (Lipinski definition) is 0. The Balaban J connectivity index is 2.13. The van der Waals surface area contributed by atoms with Crippen molar-refractivity contribution < 1.29 is 0 Å². The molecule has 0 radical (unpaired) electrons. The monoisotopic (exact) mass is 260 g/mol. The van der Waals surface area contributed by atoms with Crippen LogP contribution in [0.5, 0.6) is 0 Å². The van der Waals surface area contributed by atoms with E-state index in [1.807, 2.05) is 0 Å². The molecule has 0 N–H and O–H groups in total. The Labute approximate surface area is 112 Å². The molecule has 0 unspecified atom stereocenters.